The summed E-state index contributed by atoms with van der Waals surface area (Å²) in [4.78, 5) is 11.6. The third-order valence-corrected chi connectivity index (χ3v) is 5.89. The Morgan fingerprint density at radius 1 is 1.03 bits per heavy atom. The molecule has 0 spiro atoms. The van der Waals surface area contributed by atoms with Crippen molar-refractivity contribution in [3.05, 3.63) is 42.0 Å². The second-order valence-electron chi connectivity index (χ2n) is 8.49. The summed E-state index contributed by atoms with van der Waals surface area (Å²) in [6, 6.07) is 8.42. The molecule has 1 atom stereocenters. The topological polar surface area (TPSA) is 41.6 Å². The lowest BCUT2D eigenvalue weighted by Crippen LogP contribution is -2.43. The van der Waals surface area contributed by atoms with Crippen LogP contribution in [-0.2, 0) is 4.79 Å². The lowest BCUT2D eigenvalue weighted by atomic mass is 10.00. The highest BCUT2D eigenvalue weighted by Crippen LogP contribution is 2.41. The Morgan fingerprint density at radius 2 is 1.72 bits per heavy atom. The minimum Gasteiger partial charge on any atom is -0.493 e. The van der Waals surface area contributed by atoms with Crippen molar-refractivity contribution < 1.29 is 22.7 Å². The molecule has 1 heterocycles. The van der Waals surface area contributed by atoms with E-state index in [0.29, 0.717) is 17.7 Å². The number of carbonyl (C=O) groups is 1. The molecule has 1 aliphatic rings. The number of alkyl halides is 3. The third kappa shape index (κ3) is 6.61. The van der Waals surface area contributed by atoms with Gasteiger partial charge in [0, 0.05) is 18.4 Å². The van der Waals surface area contributed by atoms with Crippen LogP contribution in [0, 0.1) is 0 Å². The fourth-order valence-electron chi connectivity index (χ4n) is 4.23. The molecule has 0 saturated carbocycles. The summed E-state index contributed by atoms with van der Waals surface area (Å²) in [6.07, 6.45) is 4.87. The molecule has 2 aromatic rings. The fourth-order valence-corrected chi connectivity index (χ4v) is 4.23. The number of ether oxygens (including phenoxy) is 1. The molecule has 1 N–H and O–H groups in total. The van der Waals surface area contributed by atoms with Gasteiger partial charge in [0.25, 0.3) is 0 Å². The first-order valence-electron chi connectivity index (χ1n) is 11.7. The molecule has 0 aliphatic carbocycles. The van der Waals surface area contributed by atoms with Crippen LogP contribution < -0.4 is 10.2 Å². The molecule has 3 rings (SSSR count). The Kier molecular flexibility index (Phi) is 8.79. The van der Waals surface area contributed by atoms with E-state index < -0.39 is 18.1 Å². The molecule has 0 aromatic heterocycles. The first-order chi connectivity index (χ1) is 15.4. The Hall–Kier alpha value is -2.28. The first-order valence-corrected chi connectivity index (χ1v) is 11.7. The zero-order valence-corrected chi connectivity index (χ0v) is 18.7. The van der Waals surface area contributed by atoms with Crippen molar-refractivity contribution >= 4 is 16.7 Å². The van der Waals surface area contributed by atoms with Gasteiger partial charge in [0.05, 0.1) is 6.61 Å². The zero-order valence-electron chi connectivity index (χ0n) is 18.7. The van der Waals surface area contributed by atoms with Gasteiger partial charge in [-0.05, 0) is 29.5 Å². The van der Waals surface area contributed by atoms with Crippen LogP contribution in [0.4, 0.5) is 13.2 Å². The molecule has 2 aromatic carbocycles. The van der Waals surface area contributed by atoms with Crippen molar-refractivity contribution in [3.63, 3.8) is 0 Å². The zero-order chi connectivity index (χ0) is 23.0. The maximum absolute atomic E-state index is 14.0. The van der Waals surface area contributed by atoms with Gasteiger partial charge in [-0.2, -0.15) is 13.2 Å². The van der Waals surface area contributed by atoms with Crippen LogP contribution in [0.2, 0.25) is 0 Å². The van der Waals surface area contributed by atoms with Gasteiger partial charge >= 0.3 is 6.18 Å². The van der Waals surface area contributed by atoms with E-state index in [4.69, 9.17) is 4.74 Å². The van der Waals surface area contributed by atoms with Gasteiger partial charge in [-0.3, -0.25) is 10.2 Å². The van der Waals surface area contributed by atoms with Crippen molar-refractivity contribution in [1.29, 1.82) is 0 Å². The molecule has 0 unspecified atom stereocenters. The predicted octanol–water partition coefficient (Wildman–Crippen LogP) is 6.70. The Bertz CT molecular complexity index is 885. The highest BCUT2D eigenvalue weighted by molar-refractivity contribution is 5.89. The Morgan fingerprint density at radius 3 is 2.38 bits per heavy atom. The number of rotatable bonds is 12. The number of nitrogens with one attached hydrogen (secondary N) is 1. The average Bonchev–Trinajstić information content (AvgIpc) is 3.17. The summed E-state index contributed by atoms with van der Waals surface area (Å²) in [5, 5.41) is 2.47. The maximum Gasteiger partial charge on any atom is 0.409 e. The summed E-state index contributed by atoms with van der Waals surface area (Å²) in [7, 11) is 0. The summed E-state index contributed by atoms with van der Waals surface area (Å²) < 4.78 is 47.9. The molecule has 0 bridgehead atoms. The molecule has 1 fully saturated rings. The molecule has 1 amide bonds. The van der Waals surface area contributed by atoms with Gasteiger partial charge in [-0.1, -0.05) is 76.1 Å². The predicted molar refractivity (Wildman–Crippen MR) is 120 cm³/mol. The van der Waals surface area contributed by atoms with Crippen molar-refractivity contribution in [2.24, 2.45) is 0 Å². The first kappa shape index (κ1) is 24.4. The number of hydrazine groups is 1. The number of hydrogen-bond acceptors (Lipinski definition) is 3. The summed E-state index contributed by atoms with van der Waals surface area (Å²) >= 11 is 0. The van der Waals surface area contributed by atoms with Gasteiger partial charge in [-0.25, -0.2) is 5.01 Å². The monoisotopic (exact) mass is 450 g/mol. The average molecular weight is 451 g/mol. The normalized spacial score (nSPS) is 15.8. The minimum absolute atomic E-state index is 0.0181. The van der Waals surface area contributed by atoms with Crippen LogP contribution in [-0.4, -0.2) is 30.2 Å². The Labute approximate surface area is 188 Å². The number of fused-ring (bicyclic) bond motifs is 1. The summed E-state index contributed by atoms with van der Waals surface area (Å²) in [5.41, 5.74) is 2.42. The molecule has 4 nitrogen and oxygen atoms in total. The van der Waals surface area contributed by atoms with Crippen LogP contribution in [0.15, 0.2) is 36.4 Å². The molecule has 1 aliphatic heterocycles. The van der Waals surface area contributed by atoms with Crippen LogP contribution in [0.1, 0.15) is 76.3 Å². The van der Waals surface area contributed by atoms with Gasteiger partial charge < -0.3 is 4.74 Å². The molecular weight excluding hydrogens is 417 g/mol. The van der Waals surface area contributed by atoms with E-state index in [1.807, 2.05) is 12.1 Å². The van der Waals surface area contributed by atoms with E-state index in [0.717, 1.165) is 29.7 Å². The van der Waals surface area contributed by atoms with Crippen molar-refractivity contribution in [2.75, 3.05) is 13.2 Å². The van der Waals surface area contributed by atoms with E-state index in [1.54, 1.807) is 18.2 Å². The van der Waals surface area contributed by atoms with Crippen LogP contribution in [0.25, 0.3) is 10.8 Å². The lowest BCUT2D eigenvalue weighted by Gasteiger charge is -2.29. The number of nitrogens with zero attached hydrogens (tertiary/aromatic N) is 1. The van der Waals surface area contributed by atoms with E-state index in [1.165, 1.54) is 38.2 Å². The molecule has 32 heavy (non-hydrogen) atoms. The quantitative estimate of drug-likeness (QED) is 0.366. The van der Waals surface area contributed by atoms with E-state index in [2.05, 4.69) is 12.3 Å². The van der Waals surface area contributed by atoms with Crippen LogP contribution >= 0.6 is 0 Å². The number of hydrogen-bond donors (Lipinski definition) is 1. The molecule has 0 radical (unpaired) electrons. The van der Waals surface area contributed by atoms with Gasteiger partial charge in [0.15, 0.2) is 0 Å². The molecule has 1 saturated heterocycles. The van der Waals surface area contributed by atoms with Gasteiger partial charge in [0.2, 0.25) is 5.91 Å². The smallest absolute Gasteiger partial charge is 0.409 e. The molecule has 7 heteroatoms. The van der Waals surface area contributed by atoms with Gasteiger partial charge in [0.1, 0.15) is 11.8 Å². The number of carbonyl (C=O) groups excluding carboxylic acids is 1. The van der Waals surface area contributed by atoms with Gasteiger partial charge in [-0.15, -0.1) is 0 Å². The van der Waals surface area contributed by atoms with E-state index in [-0.39, 0.29) is 18.5 Å². The SMILES string of the molecule is CCCCCCCCCCOc1cc([C@H](N2CCC(=O)N2)C(F)(F)F)cc2ccccc12. The van der Waals surface area contributed by atoms with Crippen molar-refractivity contribution in [3.8, 4) is 5.75 Å². The highest BCUT2D eigenvalue weighted by Gasteiger charge is 2.47. The number of halogens is 3. The number of benzene rings is 2. The maximum atomic E-state index is 14.0. The fraction of sp³-hybridized carbons (Fsp3) is 0.560. The summed E-state index contributed by atoms with van der Waals surface area (Å²) in [5.74, 6) is 0.0621. The van der Waals surface area contributed by atoms with E-state index >= 15 is 0 Å². The Balaban J connectivity index is 1.70. The van der Waals surface area contributed by atoms with Crippen molar-refractivity contribution in [1.82, 2.24) is 10.4 Å². The summed E-state index contributed by atoms with van der Waals surface area (Å²) in [6.45, 7) is 2.69. The molecular formula is C25H33F3N2O2. The lowest BCUT2D eigenvalue weighted by molar-refractivity contribution is -0.191. The number of unbranched alkanes of at least 4 members (excludes halogenated alkanes) is 7. The van der Waals surface area contributed by atoms with E-state index in [9.17, 15) is 18.0 Å². The molecule has 176 valence electrons. The number of amides is 1. The minimum atomic E-state index is -4.53. The third-order valence-electron chi connectivity index (χ3n) is 5.89. The second-order valence-corrected chi connectivity index (χ2v) is 8.49. The standard InChI is InChI=1S/C25H33F3N2O2/c1-2-3-4-5-6-7-8-11-16-32-22-18-20(17-19-12-9-10-13-21(19)22)24(25(26,27)28)30-15-14-23(31)29-30/h9-10,12-13,17-18,24H,2-8,11,14-16H2,1H3,(H,29,31)/t24-/m0/s1. The second kappa shape index (κ2) is 11.5. The van der Waals surface area contributed by atoms with Crippen LogP contribution in [0.5, 0.6) is 5.75 Å². The van der Waals surface area contributed by atoms with Crippen LogP contribution in [0.3, 0.4) is 0 Å². The highest BCUT2D eigenvalue weighted by atomic mass is 19.4. The van der Waals surface area contributed by atoms with Crippen molar-refractivity contribution in [2.45, 2.75) is 76.9 Å². The largest absolute Gasteiger partial charge is 0.493 e.